The summed E-state index contributed by atoms with van der Waals surface area (Å²) in [6.07, 6.45) is 5.53. The number of aryl methyl sites for hydroxylation is 2. The molecule has 1 aliphatic heterocycles. The Morgan fingerprint density at radius 3 is 2.67 bits per heavy atom. The lowest BCUT2D eigenvalue weighted by Crippen LogP contribution is -2.34. The van der Waals surface area contributed by atoms with Crippen molar-refractivity contribution >= 4 is 23.4 Å². The Hall–Kier alpha value is -2.60. The fourth-order valence-corrected chi connectivity index (χ4v) is 4.08. The predicted octanol–water partition coefficient (Wildman–Crippen LogP) is 4.10. The number of benzene rings is 1. The van der Waals surface area contributed by atoms with Crippen molar-refractivity contribution < 1.29 is 0 Å². The van der Waals surface area contributed by atoms with Gasteiger partial charge in [-0.1, -0.05) is 17.7 Å². The molecule has 0 unspecified atom stereocenters. The first-order valence-electron chi connectivity index (χ1n) is 9.16. The molecular weight excluding hydrogens is 360 g/mol. The maximum atomic E-state index is 6.23. The van der Waals surface area contributed by atoms with Crippen LogP contribution >= 0.6 is 11.6 Å². The second-order valence-corrected chi connectivity index (χ2v) is 7.55. The summed E-state index contributed by atoms with van der Waals surface area (Å²) < 4.78 is 0. The highest BCUT2D eigenvalue weighted by Gasteiger charge is 2.26. The highest BCUT2D eigenvalue weighted by Crippen LogP contribution is 2.36. The molecule has 1 aliphatic rings. The molecule has 0 amide bonds. The number of hydrogen-bond donors (Lipinski definition) is 2. The number of nitrogens with one attached hydrogen (secondary N) is 1. The summed E-state index contributed by atoms with van der Waals surface area (Å²) in [6.45, 7) is 5.95. The molecule has 0 aliphatic carbocycles. The van der Waals surface area contributed by atoms with Crippen LogP contribution in [-0.4, -0.2) is 33.0 Å². The quantitative estimate of drug-likeness (QED) is 0.712. The molecule has 3 N–H and O–H groups in total. The Morgan fingerprint density at radius 1 is 1.19 bits per heavy atom. The topological polar surface area (TPSA) is 83.7 Å². The summed E-state index contributed by atoms with van der Waals surface area (Å²) in [7, 11) is 0. The van der Waals surface area contributed by atoms with Crippen molar-refractivity contribution in [1.82, 2.24) is 19.9 Å². The Bertz CT molecular complexity index is 959. The highest BCUT2D eigenvalue weighted by molar-refractivity contribution is 6.30. The molecule has 1 fully saturated rings. The Balaban J connectivity index is 1.59. The third-order valence-electron chi connectivity index (χ3n) is 5.30. The number of aromatic nitrogens is 4. The van der Waals surface area contributed by atoms with Crippen molar-refractivity contribution in [2.45, 2.75) is 32.6 Å². The molecule has 0 bridgehead atoms. The zero-order chi connectivity index (χ0) is 19.0. The minimum absolute atomic E-state index is 0.424. The van der Waals surface area contributed by atoms with Gasteiger partial charge in [0.2, 0.25) is 0 Å². The first-order valence-corrected chi connectivity index (χ1v) is 9.54. The Kier molecular flexibility index (Phi) is 4.74. The summed E-state index contributed by atoms with van der Waals surface area (Å²) in [5.41, 5.74) is 11.2. The van der Waals surface area contributed by atoms with Crippen LogP contribution in [0.3, 0.4) is 0 Å². The first kappa shape index (κ1) is 17.8. The van der Waals surface area contributed by atoms with Crippen LogP contribution < -0.4 is 10.6 Å². The molecule has 0 atom stereocenters. The fourth-order valence-electron chi connectivity index (χ4n) is 3.91. The number of nitrogens with two attached hydrogens (primary N) is 1. The smallest absolute Gasteiger partial charge is 0.197 e. The van der Waals surface area contributed by atoms with Crippen LogP contribution in [-0.2, 0) is 0 Å². The number of hydrogen-bond acceptors (Lipinski definition) is 5. The van der Waals surface area contributed by atoms with E-state index < -0.39 is 0 Å². The predicted molar refractivity (Wildman–Crippen MR) is 109 cm³/mol. The van der Waals surface area contributed by atoms with Crippen LogP contribution in [0.4, 0.5) is 11.8 Å². The van der Waals surface area contributed by atoms with Crippen molar-refractivity contribution in [1.29, 1.82) is 0 Å². The molecule has 3 heterocycles. The molecule has 6 nitrogen and oxygen atoms in total. The lowest BCUT2D eigenvalue weighted by molar-refractivity contribution is 0.493. The van der Waals surface area contributed by atoms with Crippen molar-refractivity contribution in [3.8, 4) is 11.1 Å². The molecule has 3 aromatic rings. The van der Waals surface area contributed by atoms with Gasteiger partial charge in [0.1, 0.15) is 12.1 Å². The summed E-state index contributed by atoms with van der Waals surface area (Å²) in [5, 5.41) is 0.718. The number of rotatable bonds is 3. The fraction of sp³-hybridized carbons (Fsp3) is 0.350. The van der Waals surface area contributed by atoms with Crippen LogP contribution in [0.15, 0.2) is 30.7 Å². The minimum atomic E-state index is 0.424. The van der Waals surface area contributed by atoms with Gasteiger partial charge in [-0.3, -0.25) is 0 Å². The Labute approximate surface area is 163 Å². The third kappa shape index (κ3) is 3.49. The molecule has 2 aromatic heterocycles. The Morgan fingerprint density at radius 2 is 1.96 bits per heavy atom. The van der Waals surface area contributed by atoms with E-state index in [1.54, 1.807) is 6.33 Å². The molecule has 7 heteroatoms. The number of piperidine rings is 1. The monoisotopic (exact) mass is 382 g/mol. The molecule has 1 saturated heterocycles. The first-order chi connectivity index (χ1) is 13.0. The number of imidazole rings is 1. The summed E-state index contributed by atoms with van der Waals surface area (Å²) >= 11 is 6.23. The normalized spacial score (nSPS) is 15.3. The maximum Gasteiger partial charge on any atom is 0.197 e. The number of H-pyrrole nitrogens is 1. The molecule has 140 valence electrons. The van der Waals surface area contributed by atoms with Gasteiger partial charge in [0.25, 0.3) is 0 Å². The van der Waals surface area contributed by atoms with Crippen molar-refractivity contribution in [3.05, 3.63) is 52.7 Å². The van der Waals surface area contributed by atoms with Crippen LogP contribution in [0.5, 0.6) is 0 Å². The average molecular weight is 383 g/mol. The van der Waals surface area contributed by atoms with Gasteiger partial charge < -0.3 is 15.6 Å². The van der Waals surface area contributed by atoms with E-state index in [4.69, 9.17) is 17.3 Å². The number of anilines is 2. The van der Waals surface area contributed by atoms with Crippen molar-refractivity contribution in [2.75, 3.05) is 23.7 Å². The van der Waals surface area contributed by atoms with Gasteiger partial charge in [-0.05, 0) is 49.9 Å². The maximum absolute atomic E-state index is 6.23. The SMILES string of the molecule is Cc1ccc(Cl)cc1-c1cncnc1N1CCC(c2nc(N)[nH]c2C)CC1. The zero-order valence-electron chi connectivity index (χ0n) is 15.5. The lowest BCUT2D eigenvalue weighted by Gasteiger charge is -2.33. The standard InChI is InChI=1S/C20H23ClN6/c1-12-3-4-15(21)9-16(12)17-10-23-11-24-19(17)27-7-5-14(6-8-27)18-13(2)25-20(22)26-18/h3-4,9-11,14H,5-8H2,1-2H3,(H3,22,25,26). The van der Waals surface area contributed by atoms with Crippen molar-refractivity contribution in [3.63, 3.8) is 0 Å². The van der Waals surface area contributed by atoms with Crippen LogP contribution in [0, 0.1) is 13.8 Å². The van der Waals surface area contributed by atoms with Gasteiger partial charge in [0.15, 0.2) is 5.95 Å². The zero-order valence-corrected chi connectivity index (χ0v) is 16.3. The average Bonchev–Trinajstić information content (AvgIpc) is 3.02. The molecule has 0 spiro atoms. The van der Waals surface area contributed by atoms with Crippen LogP contribution in [0.2, 0.25) is 5.02 Å². The van der Waals surface area contributed by atoms with Crippen molar-refractivity contribution in [2.24, 2.45) is 0 Å². The van der Waals surface area contributed by atoms with Gasteiger partial charge in [0, 0.05) is 41.5 Å². The highest BCUT2D eigenvalue weighted by atomic mass is 35.5. The van der Waals surface area contributed by atoms with Gasteiger partial charge in [-0.2, -0.15) is 0 Å². The second-order valence-electron chi connectivity index (χ2n) is 7.11. The molecule has 27 heavy (non-hydrogen) atoms. The molecular formula is C20H23ClN6. The number of nitrogen functional groups attached to an aromatic ring is 1. The van der Waals surface area contributed by atoms with E-state index in [2.05, 4.69) is 31.8 Å². The van der Waals surface area contributed by atoms with E-state index >= 15 is 0 Å². The van der Waals surface area contributed by atoms with E-state index in [1.165, 1.54) is 0 Å². The summed E-state index contributed by atoms with van der Waals surface area (Å²) in [4.78, 5) is 18.8. The minimum Gasteiger partial charge on any atom is -0.369 e. The van der Waals surface area contributed by atoms with E-state index in [1.807, 2.05) is 31.3 Å². The van der Waals surface area contributed by atoms with Crippen LogP contribution in [0.25, 0.3) is 11.1 Å². The summed E-state index contributed by atoms with van der Waals surface area (Å²) in [6, 6.07) is 5.93. The molecule has 0 radical (unpaired) electrons. The van der Waals surface area contributed by atoms with Crippen LogP contribution in [0.1, 0.15) is 35.7 Å². The third-order valence-corrected chi connectivity index (χ3v) is 5.54. The van der Waals surface area contributed by atoms with E-state index in [0.717, 1.165) is 64.8 Å². The number of nitrogens with zero attached hydrogens (tertiary/aromatic N) is 4. The van der Waals surface area contributed by atoms with Gasteiger partial charge in [-0.15, -0.1) is 0 Å². The van der Waals surface area contributed by atoms with Gasteiger partial charge >= 0.3 is 0 Å². The molecule has 1 aromatic carbocycles. The number of aromatic amines is 1. The van der Waals surface area contributed by atoms with E-state index in [9.17, 15) is 0 Å². The van der Waals surface area contributed by atoms with Gasteiger partial charge in [-0.25, -0.2) is 15.0 Å². The summed E-state index contributed by atoms with van der Waals surface area (Å²) in [5.74, 6) is 1.89. The van der Waals surface area contributed by atoms with E-state index in [-0.39, 0.29) is 0 Å². The molecule has 4 rings (SSSR count). The van der Waals surface area contributed by atoms with E-state index in [0.29, 0.717) is 11.9 Å². The second kappa shape index (κ2) is 7.19. The molecule has 0 saturated carbocycles. The largest absolute Gasteiger partial charge is 0.369 e. The lowest BCUT2D eigenvalue weighted by atomic mass is 9.92. The van der Waals surface area contributed by atoms with Gasteiger partial charge in [0.05, 0.1) is 5.69 Å². The number of halogens is 1.